The number of H-pyrrole nitrogens is 1. The highest BCUT2D eigenvalue weighted by Crippen LogP contribution is 2.22. The molecule has 8 heteroatoms. The van der Waals surface area contributed by atoms with Crippen LogP contribution in [0.2, 0.25) is 0 Å². The first-order chi connectivity index (χ1) is 15.2. The molecule has 7 nitrogen and oxygen atoms in total. The van der Waals surface area contributed by atoms with Crippen LogP contribution in [-0.4, -0.2) is 54.3 Å². The van der Waals surface area contributed by atoms with Gasteiger partial charge in [0.1, 0.15) is 0 Å². The van der Waals surface area contributed by atoms with E-state index in [0.717, 1.165) is 43.8 Å². The van der Waals surface area contributed by atoms with E-state index < -0.39 is 0 Å². The highest BCUT2D eigenvalue weighted by Gasteiger charge is 2.34. The lowest BCUT2D eigenvalue weighted by atomic mass is 10.1. The maximum absolute atomic E-state index is 12.4. The fourth-order valence-electron chi connectivity index (χ4n) is 3.92. The number of halogens is 1. The molecule has 0 spiro atoms. The predicted molar refractivity (Wildman–Crippen MR) is 138 cm³/mol. The van der Waals surface area contributed by atoms with Crippen molar-refractivity contribution in [3.8, 4) is 0 Å². The number of guanidine groups is 1. The highest BCUT2D eigenvalue weighted by molar-refractivity contribution is 14.0. The monoisotopic (exact) mass is 545 g/mol. The first kappa shape index (κ1) is 23.8. The summed E-state index contributed by atoms with van der Waals surface area (Å²) < 4.78 is 0. The third-order valence-corrected chi connectivity index (χ3v) is 5.56. The number of carbonyl (C=O) groups is 2. The van der Waals surface area contributed by atoms with Gasteiger partial charge in [-0.2, -0.15) is 0 Å². The zero-order valence-corrected chi connectivity index (χ0v) is 20.4. The molecule has 168 valence electrons. The Bertz CT molecular complexity index is 1090. The van der Waals surface area contributed by atoms with Gasteiger partial charge in [-0.05, 0) is 43.0 Å². The zero-order valence-electron chi connectivity index (χ0n) is 18.1. The SMILES string of the molecule is CN=C(NCCCCN1C(=O)c2ccccc2C1=O)NCCc1c[nH]c2ccccc12.I. The molecule has 0 unspecified atom stereocenters. The summed E-state index contributed by atoms with van der Waals surface area (Å²) in [5, 5.41) is 7.88. The number of para-hydroxylation sites is 1. The molecule has 32 heavy (non-hydrogen) atoms. The van der Waals surface area contributed by atoms with Gasteiger partial charge < -0.3 is 15.6 Å². The number of aliphatic imine (C=N–C) groups is 1. The number of nitrogens with zero attached hydrogens (tertiary/aromatic N) is 2. The van der Waals surface area contributed by atoms with Crippen molar-refractivity contribution in [2.24, 2.45) is 4.99 Å². The van der Waals surface area contributed by atoms with E-state index >= 15 is 0 Å². The lowest BCUT2D eigenvalue weighted by Gasteiger charge is -2.15. The first-order valence-electron chi connectivity index (χ1n) is 10.6. The van der Waals surface area contributed by atoms with Crippen molar-refractivity contribution in [1.82, 2.24) is 20.5 Å². The van der Waals surface area contributed by atoms with E-state index in [9.17, 15) is 9.59 Å². The van der Waals surface area contributed by atoms with Crippen molar-refractivity contribution in [2.45, 2.75) is 19.3 Å². The molecule has 0 aliphatic carbocycles. The average Bonchev–Trinajstić information content (AvgIpc) is 3.32. The first-order valence-corrected chi connectivity index (χ1v) is 10.6. The summed E-state index contributed by atoms with van der Waals surface area (Å²) >= 11 is 0. The molecule has 0 saturated carbocycles. The van der Waals surface area contributed by atoms with Crippen LogP contribution in [0.4, 0.5) is 0 Å². The Hall–Kier alpha value is -2.88. The molecule has 1 aromatic heterocycles. The third kappa shape index (κ3) is 5.12. The topological polar surface area (TPSA) is 89.6 Å². The Labute approximate surface area is 204 Å². The van der Waals surface area contributed by atoms with Gasteiger partial charge in [0.15, 0.2) is 5.96 Å². The summed E-state index contributed by atoms with van der Waals surface area (Å²) in [6.07, 6.45) is 4.52. The predicted octanol–water partition coefficient (Wildman–Crippen LogP) is 3.57. The summed E-state index contributed by atoms with van der Waals surface area (Å²) in [6.45, 7) is 1.92. The van der Waals surface area contributed by atoms with Gasteiger partial charge in [0.2, 0.25) is 0 Å². The van der Waals surface area contributed by atoms with Crippen LogP contribution in [0.3, 0.4) is 0 Å². The summed E-state index contributed by atoms with van der Waals surface area (Å²) in [6, 6.07) is 15.3. The molecule has 1 aliphatic heterocycles. The van der Waals surface area contributed by atoms with Crippen molar-refractivity contribution in [1.29, 1.82) is 0 Å². The maximum atomic E-state index is 12.4. The molecule has 2 aromatic carbocycles. The number of carbonyl (C=O) groups excluding carboxylic acids is 2. The number of aromatic nitrogens is 1. The molecule has 4 rings (SSSR count). The van der Waals surface area contributed by atoms with Gasteiger partial charge in [0.25, 0.3) is 11.8 Å². The molecular formula is C24H28IN5O2. The van der Waals surface area contributed by atoms with Crippen LogP contribution >= 0.6 is 24.0 Å². The number of hydrogen-bond donors (Lipinski definition) is 3. The van der Waals surface area contributed by atoms with Gasteiger partial charge in [-0.1, -0.05) is 30.3 Å². The number of fused-ring (bicyclic) bond motifs is 2. The van der Waals surface area contributed by atoms with E-state index in [-0.39, 0.29) is 35.8 Å². The van der Waals surface area contributed by atoms with Crippen molar-refractivity contribution >= 4 is 52.7 Å². The van der Waals surface area contributed by atoms with Crippen molar-refractivity contribution in [2.75, 3.05) is 26.7 Å². The van der Waals surface area contributed by atoms with Crippen LogP contribution in [0, 0.1) is 0 Å². The van der Waals surface area contributed by atoms with E-state index in [1.165, 1.54) is 15.8 Å². The van der Waals surface area contributed by atoms with Crippen molar-refractivity contribution in [3.63, 3.8) is 0 Å². The minimum Gasteiger partial charge on any atom is -0.361 e. The molecule has 3 aromatic rings. The van der Waals surface area contributed by atoms with Crippen LogP contribution in [-0.2, 0) is 6.42 Å². The van der Waals surface area contributed by atoms with Gasteiger partial charge in [0, 0.05) is 43.8 Å². The van der Waals surface area contributed by atoms with Crippen molar-refractivity contribution in [3.05, 3.63) is 71.4 Å². The molecule has 0 radical (unpaired) electrons. The summed E-state index contributed by atoms with van der Waals surface area (Å²) in [4.78, 5) is 33.7. The van der Waals surface area contributed by atoms with Crippen LogP contribution in [0.5, 0.6) is 0 Å². The lowest BCUT2D eigenvalue weighted by Crippen LogP contribution is -2.39. The van der Waals surface area contributed by atoms with Crippen LogP contribution in [0.25, 0.3) is 10.9 Å². The average molecular weight is 545 g/mol. The van der Waals surface area contributed by atoms with Gasteiger partial charge in [-0.15, -0.1) is 24.0 Å². The van der Waals surface area contributed by atoms with E-state index in [2.05, 4.69) is 45.0 Å². The fourth-order valence-corrected chi connectivity index (χ4v) is 3.92. The Morgan fingerprint density at radius 3 is 2.31 bits per heavy atom. The smallest absolute Gasteiger partial charge is 0.261 e. The van der Waals surface area contributed by atoms with Crippen LogP contribution < -0.4 is 10.6 Å². The normalized spacial score (nSPS) is 13.3. The molecule has 2 amide bonds. The number of hydrogen-bond acceptors (Lipinski definition) is 3. The maximum Gasteiger partial charge on any atom is 0.261 e. The number of imide groups is 1. The molecule has 0 fully saturated rings. The minimum absolute atomic E-state index is 0. The van der Waals surface area contributed by atoms with Gasteiger partial charge in [0.05, 0.1) is 11.1 Å². The van der Waals surface area contributed by atoms with Gasteiger partial charge >= 0.3 is 0 Å². The van der Waals surface area contributed by atoms with Gasteiger partial charge in [-0.25, -0.2) is 0 Å². The second-order valence-corrected chi connectivity index (χ2v) is 7.55. The Balaban J connectivity index is 0.00000289. The fraction of sp³-hybridized carbons (Fsp3) is 0.292. The third-order valence-electron chi connectivity index (χ3n) is 5.56. The number of aromatic amines is 1. The lowest BCUT2D eigenvalue weighted by molar-refractivity contribution is 0.0652. The van der Waals surface area contributed by atoms with E-state index in [1.54, 1.807) is 31.3 Å². The molecule has 1 aliphatic rings. The second kappa shape index (κ2) is 11.1. The number of benzene rings is 2. The molecule has 0 saturated heterocycles. The number of unbranched alkanes of at least 4 members (excludes halogenated alkanes) is 1. The number of amides is 2. The second-order valence-electron chi connectivity index (χ2n) is 7.55. The number of rotatable bonds is 8. The van der Waals surface area contributed by atoms with Crippen molar-refractivity contribution < 1.29 is 9.59 Å². The molecular weight excluding hydrogens is 517 g/mol. The van der Waals surface area contributed by atoms with Gasteiger partial charge in [-0.3, -0.25) is 19.5 Å². The summed E-state index contributed by atoms with van der Waals surface area (Å²) in [5.41, 5.74) is 3.44. The highest BCUT2D eigenvalue weighted by atomic mass is 127. The van der Waals surface area contributed by atoms with E-state index in [0.29, 0.717) is 17.7 Å². The number of nitrogens with one attached hydrogen (secondary N) is 3. The minimum atomic E-state index is -0.191. The van der Waals surface area contributed by atoms with E-state index in [1.807, 2.05) is 6.07 Å². The van der Waals surface area contributed by atoms with Crippen LogP contribution in [0.15, 0.2) is 59.7 Å². The molecule has 2 heterocycles. The Morgan fingerprint density at radius 2 is 1.59 bits per heavy atom. The Morgan fingerprint density at radius 1 is 0.938 bits per heavy atom. The summed E-state index contributed by atoms with van der Waals surface area (Å²) in [5.74, 6) is 0.368. The zero-order chi connectivity index (χ0) is 21.6. The molecule has 0 atom stereocenters. The van der Waals surface area contributed by atoms with E-state index in [4.69, 9.17) is 0 Å². The van der Waals surface area contributed by atoms with Crippen LogP contribution in [0.1, 0.15) is 39.1 Å². The largest absolute Gasteiger partial charge is 0.361 e. The molecule has 3 N–H and O–H groups in total. The standard InChI is InChI=1S/C24H27N5O2.HI/c1-25-24(27-14-12-17-16-28-21-11-5-4-8-18(17)21)26-13-6-7-15-29-22(30)19-9-2-3-10-20(19)23(29)31;/h2-5,8-11,16,28H,6-7,12-15H2,1H3,(H2,25,26,27);1H. The Kier molecular flexibility index (Phi) is 8.26. The summed E-state index contributed by atoms with van der Waals surface area (Å²) in [7, 11) is 1.75. The quantitative estimate of drug-likeness (QED) is 0.133. The molecule has 0 bridgehead atoms.